The predicted molar refractivity (Wildman–Crippen MR) is 129 cm³/mol. The largest absolute Gasteiger partial charge is 0.436 e. The summed E-state index contributed by atoms with van der Waals surface area (Å²) in [6.07, 6.45) is 5.35. The van der Waals surface area contributed by atoms with Crippen molar-refractivity contribution >= 4 is 23.4 Å². The number of aryl methyl sites for hydroxylation is 1. The maximum atomic E-state index is 13.1. The summed E-state index contributed by atoms with van der Waals surface area (Å²) in [6, 6.07) is 24.7. The molecule has 0 saturated heterocycles. The molecular weight excluding hydrogens is 432 g/mol. The van der Waals surface area contributed by atoms with Crippen LogP contribution in [0, 0.1) is 0 Å². The van der Waals surface area contributed by atoms with E-state index in [9.17, 15) is 4.79 Å². The van der Waals surface area contributed by atoms with E-state index in [2.05, 4.69) is 15.3 Å². The fourth-order valence-electron chi connectivity index (χ4n) is 3.36. The molecule has 0 fully saturated rings. The van der Waals surface area contributed by atoms with Crippen molar-refractivity contribution in [3.8, 4) is 22.8 Å². The van der Waals surface area contributed by atoms with Gasteiger partial charge in [-0.05, 0) is 36.4 Å². The zero-order chi connectivity index (χ0) is 22.6. The second kappa shape index (κ2) is 9.18. The van der Waals surface area contributed by atoms with Crippen LogP contribution in [0.4, 0.5) is 5.69 Å². The molecule has 5 aromatic rings. The van der Waals surface area contributed by atoms with E-state index in [1.54, 1.807) is 30.2 Å². The molecule has 0 aliphatic heterocycles. The lowest BCUT2D eigenvalue weighted by molar-refractivity contribution is 0.102. The normalized spacial score (nSPS) is 10.8. The maximum Gasteiger partial charge on any atom is 0.256 e. The van der Waals surface area contributed by atoms with E-state index in [1.165, 1.54) is 0 Å². The minimum absolute atomic E-state index is 0.227. The Morgan fingerprint density at radius 2 is 1.70 bits per heavy atom. The van der Waals surface area contributed by atoms with Crippen LogP contribution in [0.2, 0.25) is 0 Å². The SMILES string of the molecule is Cn1ccnc1Sc1ccc(NC(=O)c2ccccc2-c2ncc(-c3ccccc3)o2)cc1. The topological polar surface area (TPSA) is 73.0 Å². The number of aromatic nitrogens is 3. The second-order valence-corrected chi connectivity index (χ2v) is 8.38. The lowest BCUT2D eigenvalue weighted by Crippen LogP contribution is -2.13. The van der Waals surface area contributed by atoms with Gasteiger partial charge in [0, 0.05) is 41.2 Å². The number of carbonyl (C=O) groups excluding carboxylic acids is 1. The summed E-state index contributed by atoms with van der Waals surface area (Å²) in [5.74, 6) is 0.831. The number of carbonyl (C=O) groups is 1. The number of hydrogen-bond acceptors (Lipinski definition) is 5. The first-order valence-corrected chi connectivity index (χ1v) is 11.2. The lowest BCUT2D eigenvalue weighted by atomic mass is 10.1. The lowest BCUT2D eigenvalue weighted by Gasteiger charge is -2.09. The number of benzene rings is 3. The van der Waals surface area contributed by atoms with Gasteiger partial charge in [0.1, 0.15) is 0 Å². The zero-order valence-electron chi connectivity index (χ0n) is 17.8. The van der Waals surface area contributed by atoms with Crippen molar-refractivity contribution < 1.29 is 9.21 Å². The molecule has 0 unspecified atom stereocenters. The smallest absolute Gasteiger partial charge is 0.256 e. The van der Waals surface area contributed by atoms with Crippen LogP contribution in [-0.4, -0.2) is 20.4 Å². The van der Waals surface area contributed by atoms with Crippen molar-refractivity contribution in [3.63, 3.8) is 0 Å². The van der Waals surface area contributed by atoms with E-state index in [0.717, 1.165) is 15.6 Å². The highest BCUT2D eigenvalue weighted by Gasteiger charge is 2.17. The molecule has 0 aliphatic rings. The molecule has 6 nitrogen and oxygen atoms in total. The molecule has 2 aromatic heterocycles. The Morgan fingerprint density at radius 1 is 0.939 bits per heavy atom. The number of rotatable bonds is 6. The monoisotopic (exact) mass is 452 g/mol. The first-order chi connectivity index (χ1) is 16.2. The zero-order valence-corrected chi connectivity index (χ0v) is 18.6. The van der Waals surface area contributed by atoms with Gasteiger partial charge in [0.2, 0.25) is 5.89 Å². The van der Waals surface area contributed by atoms with Gasteiger partial charge in [-0.1, -0.05) is 54.2 Å². The average Bonchev–Trinajstić information content (AvgIpc) is 3.50. The molecule has 0 atom stereocenters. The molecule has 0 aliphatic carbocycles. The first-order valence-electron chi connectivity index (χ1n) is 10.3. The van der Waals surface area contributed by atoms with Crippen LogP contribution < -0.4 is 5.32 Å². The van der Waals surface area contributed by atoms with Gasteiger partial charge in [-0.25, -0.2) is 9.97 Å². The number of hydrogen-bond donors (Lipinski definition) is 1. The molecule has 3 aromatic carbocycles. The molecule has 0 saturated carbocycles. The van der Waals surface area contributed by atoms with Gasteiger partial charge in [-0.3, -0.25) is 4.79 Å². The van der Waals surface area contributed by atoms with Gasteiger partial charge in [-0.15, -0.1) is 0 Å². The van der Waals surface area contributed by atoms with Crippen LogP contribution in [0.1, 0.15) is 10.4 Å². The van der Waals surface area contributed by atoms with E-state index in [0.29, 0.717) is 28.5 Å². The Labute approximate surface area is 195 Å². The van der Waals surface area contributed by atoms with Crippen molar-refractivity contribution in [2.45, 2.75) is 10.1 Å². The van der Waals surface area contributed by atoms with Gasteiger partial charge in [-0.2, -0.15) is 0 Å². The summed E-state index contributed by atoms with van der Waals surface area (Å²) in [6.45, 7) is 0. The highest BCUT2D eigenvalue weighted by atomic mass is 32.2. The van der Waals surface area contributed by atoms with E-state index in [4.69, 9.17) is 4.42 Å². The first kappa shape index (κ1) is 20.8. The Morgan fingerprint density at radius 3 is 2.45 bits per heavy atom. The van der Waals surface area contributed by atoms with Gasteiger partial charge < -0.3 is 14.3 Å². The third kappa shape index (κ3) is 4.58. The summed E-state index contributed by atoms with van der Waals surface area (Å²) < 4.78 is 7.93. The summed E-state index contributed by atoms with van der Waals surface area (Å²) in [5, 5.41) is 3.87. The molecule has 1 amide bonds. The highest BCUT2D eigenvalue weighted by Crippen LogP contribution is 2.30. The van der Waals surface area contributed by atoms with E-state index in [1.807, 2.05) is 90.6 Å². The van der Waals surface area contributed by atoms with Gasteiger partial charge in [0.25, 0.3) is 5.91 Å². The molecule has 162 valence electrons. The molecule has 7 heteroatoms. The fourth-order valence-corrected chi connectivity index (χ4v) is 4.16. The Hall–Kier alpha value is -4.10. The van der Waals surface area contributed by atoms with E-state index in [-0.39, 0.29) is 5.91 Å². The van der Waals surface area contributed by atoms with Crippen molar-refractivity contribution in [1.82, 2.24) is 14.5 Å². The summed E-state index contributed by atoms with van der Waals surface area (Å²) in [7, 11) is 1.96. The third-order valence-corrected chi connectivity index (χ3v) is 6.15. The molecule has 0 spiro atoms. The van der Waals surface area contributed by atoms with Crippen LogP contribution in [0.3, 0.4) is 0 Å². The number of nitrogens with one attached hydrogen (secondary N) is 1. The molecule has 0 bridgehead atoms. The molecule has 1 N–H and O–H groups in total. The molecule has 0 radical (unpaired) electrons. The van der Waals surface area contributed by atoms with Crippen LogP contribution in [0.5, 0.6) is 0 Å². The Balaban J connectivity index is 1.34. The highest BCUT2D eigenvalue weighted by molar-refractivity contribution is 7.99. The quantitative estimate of drug-likeness (QED) is 0.335. The minimum Gasteiger partial charge on any atom is -0.436 e. The molecule has 2 heterocycles. The molecule has 5 rings (SSSR count). The Kier molecular flexibility index (Phi) is 5.78. The van der Waals surface area contributed by atoms with Gasteiger partial charge >= 0.3 is 0 Å². The van der Waals surface area contributed by atoms with Crippen LogP contribution in [0.25, 0.3) is 22.8 Å². The van der Waals surface area contributed by atoms with Crippen LogP contribution in [-0.2, 0) is 7.05 Å². The standard InChI is InChI=1S/C26H20N4O2S/c1-30-16-15-27-26(30)33-20-13-11-19(12-14-20)29-24(31)21-9-5-6-10-22(21)25-28-17-23(32-25)18-7-3-2-4-8-18/h2-17H,1H3,(H,29,31). The van der Waals surface area contributed by atoms with Crippen molar-refractivity contribution in [2.75, 3.05) is 5.32 Å². The number of anilines is 1. The third-order valence-electron chi connectivity index (χ3n) is 5.06. The number of nitrogens with zero attached hydrogens (tertiary/aromatic N) is 3. The summed E-state index contributed by atoms with van der Waals surface area (Å²) in [4.78, 5) is 22.8. The van der Waals surface area contributed by atoms with E-state index >= 15 is 0 Å². The predicted octanol–water partition coefficient (Wildman–Crippen LogP) is 6.15. The van der Waals surface area contributed by atoms with Gasteiger partial charge in [0.05, 0.1) is 11.8 Å². The summed E-state index contributed by atoms with van der Waals surface area (Å²) in [5.41, 5.74) is 2.77. The van der Waals surface area contributed by atoms with Gasteiger partial charge in [0.15, 0.2) is 10.9 Å². The van der Waals surface area contributed by atoms with Crippen molar-refractivity contribution in [2.24, 2.45) is 7.05 Å². The summed E-state index contributed by atoms with van der Waals surface area (Å²) >= 11 is 1.56. The number of amides is 1. The number of oxazole rings is 1. The Bertz CT molecular complexity index is 1390. The average molecular weight is 453 g/mol. The fraction of sp³-hybridized carbons (Fsp3) is 0.0385. The molecular formula is C26H20N4O2S. The minimum atomic E-state index is -0.227. The van der Waals surface area contributed by atoms with Crippen LogP contribution >= 0.6 is 11.8 Å². The van der Waals surface area contributed by atoms with Crippen molar-refractivity contribution in [3.05, 3.63) is 103 Å². The van der Waals surface area contributed by atoms with Crippen molar-refractivity contribution in [1.29, 1.82) is 0 Å². The number of imidazole rings is 1. The maximum absolute atomic E-state index is 13.1. The van der Waals surface area contributed by atoms with E-state index < -0.39 is 0 Å². The van der Waals surface area contributed by atoms with Crippen LogP contribution in [0.15, 0.2) is 112 Å². The second-order valence-electron chi connectivity index (χ2n) is 7.34. The molecule has 33 heavy (non-hydrogen) atoms.